The number of alkyl halides is 3. The van der Waals surface area contributed by atoms with E-state index in [4.69, 9.17) is 16.3 Å². The van der Waals surface area contributed by atoms with Gasteiger partial charge in [0.25, 0.3) is 0 Å². The fraction of sp³-hybridized carbons (Fsp3) is 0.148. The van der Waals surface area contributed by atoms with Gasteiger partial charge in [-0.1, -0.05) is 47.5 Å². The van der Waals surface area contributed by atoms with Crippen LogP contribution in [0.15, 0.2) is 77.2 Å². The Morgan fingerprint density at radius 3 is 2.66 bits per heavy atom. The summed E-state index contributed by atoms with van der Waals surface area (Å²) < 4.78 is 44.5. The first-order valence-corrected chi connectivity index (χ1v) is 12.6. The van der Waals surface area contributed by atoms with Gasteiger partial charge in [0.05, 0.1) is 28.9 Å². The summed E-state index contributed by atoms with van der Waals surface area (Å²) in [7, 11) is 0. The number of ether oxygens (including phenoxy) is 1. The zero-order chi connectivity index (χ0) is 27.1. The highest BCUT2D eigenvalue weighted by atomic mass is 35.5. The summed E-state index contributed by atoms with van der Waals surface area (Å²) in [6.07, 6.45) is -3.03. The number of rotatable bonds is 9. The lowest BCUT2D eigenvalue weighted by Crippen LogP contribution is -2.19. The largest absolute Gasteiger partial charge is 0.487 e. The number of hydrazone groups is 1. The van der Waals surface area contributed by atoms with Crippen molar-refractivity contribution >= 4 is 45.9 Å². The second-order valence-electron chi connectivity index (χ2n) is 8.28. The zero-order valence-corrected chi connectivity index (χ0v) is 21.6. The fourth-order valence-electron chi connectivity index (χ4n) is 3.29. The van der Waals surface area contributed by atoms with E-state index < -0.39 is 17.6 Å². The Morgan fingerprint density at radius 1 is 1.13 bits per heavy atom. The average molecular weight is 559 g/mol. The van der Waals surface area contributed by atoms with Crippen LogP contribution in [0.1, 0.15) is 27.9 Å². The van der Waals surface area contributed by atoms with E-state index in [0.717, 1.165) is 17.7 Å². The number of carbonyl (C=O) groups excluding carboxylic acids is 1. The number of aryl methyl sites for hydroxylation is 1. The number of anilines is 2. The molecule has 196 valence electrons. The lowest BCUT2D eigenvalue weighted by Gasteiger charge is -2.09. The summed E-state index contributed by atoms with van der Waals surface area (Å²) >= 11 is 7.50. The molecule has 3 aromatic carbocycles. The molecule has 4 rings (SSSR count). The van der Waals surface area contributed by atoms with Crippen LogP contribution in [0, 0.1) is 6.92 Å². The number of carbonyl (C=O) groups is 1. The molecular weight excluding hydrogens is 537 g/mol. The van der Waals surface area contributed by atoms with Crippen molar-refractivity contribution in [3.63, 3.8) is 0 Å². The van der Waals surface area contributed by atoms with Crippen LogP contribution in [0.25, 0.3) is 0 Å². The van der Waals surface area contributed by atoms with Crippen LogP contribution < -0.4 is 15.5 Å². The second kappa shape index (κ2) is 12.1. The molecule has 0 aliphatic carbocycles. The minimum atomic E-state index is -4.44. The van der Waals surface area contributed by atoms with Gasteiger partial charge in [0.1, 0.15) is 12.4 Å². The topological polar surface area (TPSA) is 75.6 Å². The molecule has 0 aliphatic rings. The van der Waals surface area contributed by atoms with Crippen molar-refractivity contribution in [3.8, 4) is 5.75 Å². The highest BCUT2D eigenvalue weighted by Gasteiger charge is 2.30. The molecule has 0 saturated carbocycles. The number of hydrogen-bond acceptors (Lipinski definition) is 6. The monoisotopic (exact) mass is 558 g/mol. The van der Waals surface area contributed by atoms with Crippen molar-refractivity contribution in [3.05, 3.63) is 105 Å². The summed E-state index contributed by atoms with van der Waals surface area (Å²) in [4.78, 5) is 16.5. The molecule has 0 fully saturated rings. The molecule has 38 heavy (non-hydrogen) atoms. The first-order valence-electron chi connectivity index (χ1n) is 11.3. The van der Waals surface area contributed by atoms with Crippen LogP contribution in [0.5, 0.6) is 5.75 Å². The maximum absolute atomic E-state index is 12.9. The Kier molecular flexibility index (Phi) is 8.65. The van der Waals surface area contributed by atoms with Gasteiger partial charge in [0.15, 0.2) is 5.13 Å². The Morgan fingerprint density at radius 2 is 1.92 bits per heavy atom. The van der Waals surface area contributed by atoms with Crippen LogP contribution in [-0.2, 0) is 24.0 Å². The van der Waals surface area contributed by atoms with Gasteiger partial charge in [-0.3, -0.25) is 4.79 Å². The van der Waals surface area contributed by atoms with E-state index in [9.17, 15) is 18.0 Å². The maximum atomic E-state index is 12.9. The highest BCUT2D eigenvalue weighted by molar-refractivity contribution is 7.13. The van der Waals surface area contributed by atoms with Crippen LogP contribution >= 0.6 is 22.9 Å². The van der Waals surface area contributed by atoms with Crippen LogP contribution in [0.3, 0.4) is 0 Å². The molecule has 1 aromatic heterocycles. The van der Waals surface area contributed by atoms with Gasteiger partial charge in [-0.15, -0.1) is 11.3 Å². The first-order chi connectivity index (χ1) is 18.2. The molecule has 0 unspecified atom stereocenters. The van der Waals surface area contributed by atoms with Gasteiger partial charge >= 0.3 is 6.18 Å². The van der Waals surface area contributed by atoms with Crippen molar-refractivity contribution in [1.29, 1.82) is 0 Å². The molecule has 1 amide bonds. The average Bonchev–Trinajstić information content (AvgIpc) is 3.30. The smallest absolute Gasteiger partial charge is 0.416 e. The van der Waals surface area contributed by atoms with E-state index in [-0.39, 0.29) is 12.1 Å². The minimum Gasteiger partial charge on any atom is -0.487 e. The van der Waals surface area contributed by atoms with Crippen LogP contribution in [0.4, 0.5) is 24.0 Å². The number of halogens is 4. The Bertz CT molecular complexity index is 1440. The van der Waals surface area contributed by atoms with E-state index >= 15 is 0 Å². The third-order valence-electron chi connectivity index (χ3n) is 5.21. The molecular formula is C27H22ClF3N4O2S. The molecule has 0 saturated heterocycles. The van der Waals surface area contributed by atoms with E-state index in [1.807, 2.05) is 31.2 Å². The van der Waals surface area contributed by atoms with Gasteiger partial charge in [0.2, 0.25) is 5.91 Å². The quantitative estimate of drug-likeness (QED) is 0.169. The molecule has 2 N–H and O–H groups in total. The fourth-order valence-corrected chi connectivity index (χ4v) is 4.26. The highest BCUT2D eigenvalue weighted by Crippen LogP contribution is 2.32. The van der Waals surface area contributed by atoms with Gasteiger partial charge in [-0.25, -0.2) is 10.4 Å². The van der Waals surface area contributed by atoms with Crippen molar-refractivity contribution in [2.75, 3.05) is 5.32 Å². The zero-order valence-electron chi connectivity index (χ0n) is 20.1. The molecule has 0 atom stereocenters. The summed E-state index contributed by atoms with van der Waals surface area (Å²) in [6.45, 7) is 2.40. The number of aromatic nitrogens is 1. The Balaban J connectivity index is 1.26. The van der Waals surface area contributed by atoms with E-state index in [2.05, 4.69) is 20.8 Å². The van der Waals surface area contributed by atoms with Crippen molar-refractivity contribution in [2.24, 2.45) is 5.10 Å². The lowest BCUT2D eigenvalue weighted by atomic mass is 10.2. The molecule has 0 bridgehead atoms. The van der Waals surface area contributed by atoms with Crippen LogP contribution in [-0.4, -0.2) is 17.1 Å². The molecule has 0 aliphatic heterocycles. The Hall–Kier alpha value is -3.89. The number of benzene rings is 3. The SMILES string of the molecule is Cc1ccc(COc2ccc(/C=N\NC(=O)Cc3csc(Nc4cccc(C(F)(F)F)c4)n3)cc2Cl)cc1. The molecule has 0 spiro atoms. The number of nitrogens with zero attached hydrogens (tertiary/aromatic N) is 2. The van der Waals surface area contributed by atoms with Gasteiger partial charge in [-0.2, -0.15) is 18.3 Å². The lowest BCUT2D eigenvalue weighted by molar-refractivity contribution is -0.137. The third kappa shape index (κ3) is 7.80. The predicted molar refractivity (Wildman–Crippen MR) is 143 cm³/mol. The number of nitrogens with one attached hydrogen (secondary N) is 2. The van der Waals surface area contributed by atoms with Gasteiger partial charge in [-0.05, 0) is 54.4 Å². The van der Waals surface area contributed by atoms with Crippen molar-refractivity contribution in [1.82, 2.24) is 10.4 Å². The summed E-state index contributed by atoms with van der Waals surface area (Å²) in [5.41, 5.74) is 5.23. The van der Waals surface area contributed by atoms with Crippen molar-refractivity contribution < 1.29 is 22.7 Å². The van der Waals surface area contributed by atoms with Gasteiger partial charge in [0, 0.05) is 11.1 Å². The maximum Gasteiger partial charge on any atom is 0.416 e. The third-order valence-corrected chi connectivity index (χ3v) is 6.31. The molecule has 0 radical (unpaired) electrons. The minimum absolute atomic E-state index is 0.0509. The molecule has 4 aromatic rings. The van der Waals surface area contributed by atoms with Crippen molar-refractivity contribution in [2.45, 2.75) is 26.1 Å². The summed E-state index contributed by atoms with van der Waals surface area (Å²) in [5.74, 6) is 0.132. The van der Waals surface area contributed by atoms with E-state index in [1.165, 1.54) is 35.2 Å². The first kappa shape index (κ1) is 27.2. The normalized spacial score (nSPS) is 11.5. The number of amides is 1. The molecule has 6 nitrogen and oxygen atoms in total. The van der Waals surface area contributed by atoms with Gasteiger partial charge < -0.3 is 10.1 Å². The number of hydrogen-bond donors (Lipinski definition) is 2. The standard InChI is InChI=1S/C27H22ClF3N4O2S/c1-17-5-7-18(8-6-17)15-37-24-10-9-19(11-23(24)28)14-32-35-25(36)13-22-16-38-26(34-22)33-21-4-2-3-20(12-21)27(29,30)31/h2-12,14,16H,13,15H2,1H3,(H,33,34)(H,35,36)/b32-14-. The summed E-state index contributed by atoms with van der Waals surface area (Å²) in [5, 5.41) is 9.21. The van der Waals surface area contributed by atoms with E-state index in [0.29, 0.717) is 33.8 Å². The predicted octanol–water partition coefficient (Wildman–Crippen LogP) is 7.14. The second-order valence-corrected chi connectivity index (χ2v) is 9.55. The van der Waals surface area contributed by atoms with E-state index in [1.54, 1.807) is 23.6 Å². The molecule has 11 heteroatoms. The number of thiazole rings is 1. The van der Waals surface area contributed by atoms with Crippen LogP contribution in [0.2, 0.25) is 5.02 Å². The Labute approximate surface area is 226 Å². The molecule has 1 heterocycles. The summed E-state index contributed by atoms with van der Waals surface area (Å²) in [6, 6.07) is 18.0.